The van der Waals surface area contributed by atoms with Crippen LogP contribution in [-0.4, -0.2) is 78.4 Å². The van der Waals surface area contributed by atoms with Gasteiger partial charge in [0.1, 0.15) is 24.7 Å². The molecule has 5 atom stereocenters. The maximum Gasteiger partial charge on any atom is 0.408 e. The zero-order valence-corrected chi connectivity index (χ0v) is 25.2. The highest BCUT2D eigenvalue weighted by atomic mass is 16.6. The molecule has 1 fully saturated rings. The second-order valence-corrected chi connectivity index (χ2v) is 10.4. The molecule has 46 heavy (non-hydrogen) atoms. The smallest absolute Gasteiger partial charge is 0.408 e. The van der Waals surface area contributed by atoms with Crippen LogP contribution in [0.15, 0.2) is 60.7 Å². The van der Waals surface area contributed by atoms with Crippen molar-refractivity contribution in [1.82, 2.24) is 32.1 Å². The van der Waals surface area contributed by atoms with E-state index in [-0.39, 0.29) is 6.61 Å². The predicted octanol–water partition coefficient (Wildman–Crippen LogP) is -1.56. The average Bonchev–Trinajstić information content (AvgIpc) is 3.84. The van der Waals surface area contributed by atoms with Crippen LogP contribution in [0, 0.1) is 0 Å². The van der Waals surface area contributed by atoms with Crippen molar-refractivity contribution < 1.29 is 43.0 Å². The van der Waals surface area contributed by atoms with E-state index < -0.39 is 78.3 Å². The SMILES string of the molecule is C[C@H](NC(=O)OCc1ccccc1)C(=O)N[C@@H](C)C(=O)N[C@@H](CC(N)=O)C(=O)NNC(=O)C1OC1C(=O)NCCc1ccccc1. The summed E-state index contributed by atoms with van der Waals surface area (Å²) in [6, 6.07) is 14.5. The van der Waals surface area contributed by atoms with E-state index >= 15 is 0 Å². The van der Waals surface area contributed by atoms with Gasteiger partial charge in [-0.1, -0.05) is 60.7 Å². The minimum Gasteiger partial charge on any atom is -0.445 e. The van der Waals surface area contributed by atoms with E-state index in [1.54, 1.807) is 24.3 Å². The van der Waals surface area contributed by atoms with E-state index in [0.717, 1.165) is 11.1 Å². The highest BCUT2D eigenvalue weighted by Crippen LogP contribution is 2.22. The lowest BCUT2D eigenvalue weighted by molar-refractivity contribution is -0.135. The van der Waals surface area contributed by atoms with Gasteiger partial charge in [-0.25, -0.2) is 4.79 Å². The van der Waals surface area contributed by atoms with E-state index in [2.05, 4.69) is 32.1 Å². The molecule has 246 valence electrons. The number of carbonyl (C=O) groups is 7. The van der Waals surface area contributed by atoms with Crippen molar-refractivity contribution in [1.29, 1.82) is 0 Å². The van der Waals surface area contributed by atoms with Gasteiger partial charge in [-0.3, -0.25) is 39.6 Å². The van der Waals surface area contributed by atoms with Gasteiger partial charge in [0.25, 0.3) is 17.7 Å². The van der Waals surface area contributed by atoms with E-state index in [9.17, 15) is 33.6 Å². The first-order valence-electron chi connectivity index (χ1n) is 14.4. The van der Waals surface area contributed by atoms with Crippen LogP contribution >= 0.6 is 0 Å². The third kappa shape index (κ3) is 11.5. The van der Waals surface area contributed by atoms with E-state index in [0.29, 0.717) is 13.0 Å². The summed E-state index contributed by atoms with van der Waals surface area (Å²) in [5, 5.41) is 9.66. The van der Waals surface area contributed by atoms with Crippen molar-refractivity contribution in [3.05, 3.63) is 71.8 Å². The van der Waals surface area contributed by atoms with Gasteiger partial charge in [-0.15, -0.1) is 0 Å². The Hall–Kier alpha value is -5.51. The number of alkyl carbamates (subject to hydrolysis) is 1. The number of nitrogens with one attached hydrogen (secondary N) is 6. The number of amides is 7. The van der Waals surface area contributed by atoms with Crippen LogP contribution < -0.4 is 37.9 Å². The summed E-state index contributed by atoms with van der Waals surface area (Å²) in [6.45, 7) is 3.00. The first-order chi connectivity index (χ1) is 21.9. The third-order valence-corrected chi connectivity index (χ3v) is 6.60. The quantitative estimate of drug-likeness (QED) is 0.0879. The Balaban J connectivity index is 1.40. The Kier molecular flexibility index (Phi) is 13.0. The Morgan fingerprint density at radius 2 is 1.30 bits per heavy atom. The molecule has 0 radical (unpaired) electrons. The summed E-state index contributed by atoms with van der Waals surface area (Å²) >= 11 is 0. The zero-order valence-electron chi connectivity index (χ0n) is 25.2. The molecule has 7 amide bonds. The fourth-order valence-electron chi connectivity index (χ4n) is 3.99. The molecule has 0 spiro atoms. The highest BCUT2D eigenvalue weighted by molar-refractivity contribution is 5.98. The van der Waals surface area contributed by atoms with Crippen LogP contribution in [0.3, 0.4) is 0 Å². The fraction of sp³-hybridized carbons (Fsp3) is 0.367. The molecule has 2 aromatic rings. The van der Waals surface area contributed by atoms with Crippen LogP contribution in [0.5, 0.6) is 0 Å². The first kappa shape index (κ1) is 35.0. The van der Waals surface area contributed by atoms with Crippen LogP contribution in [-0.2, 0) is 51.3 Å². The van der Waals surface area contributed by atoms with E-state index in [1.807, 2.05) is 36.4 Å². The van der Waals surface area contributed by atoms with Crippen molar-refractivity contribution in [2.24, 2.45) is 5.73 Å². The lowest BCUT2D eigenvalue weighted by atomic mass is 10.1. The van der Waals surface area contributed by atoms with Crippen LogP contribution in [0.2, 0.25) is 0 Å². The lowest BCUT2D eigenvalue weighted by Gasteiger charge is -2.21. The fourth-order valence-corrected chi connectivity index (χ4v) is 3.99. The Labute approximate surface area is 264 Å². The molecular weight excluding hydrogens is 602 g/mol. The molecule has 0 bridgehead atoms. The van der Waals surface area contributed by atoms with E-state index in [4.69, 9.17) is 15.2 Å². The number of ether oxygens (including phenoxy) is 2. The monoisotopic (exact) mass is 639 g/mol. The van der Waals surface area contributed by atoms with Gasteiger partial charge < -0.3 is 36.5 Å². The number of hydrazine groups is 1. The molecule has 0 saturated carbocycles. The molecule has 2 unspecified atom stereocenters. The molecular formula is C30H37N7O9. The number of primary amides is 1. The average molecular weight is 640 g/mol. The summed E-state index contributed by atoms with van der Waals surface area (Å²) in [4.78, 5) is 86.1. The lowest BCUT2D eigenvalue weighted by Crippen LogP contribution is -2.58. The predicted molar refractivity (Wildman–Crippen MR) is 161 cm³/mol. The second kappa shape index (κ2) is 17.1. The van der Waals surface area contributed by atoms with Gasteiger partial charge in [-0.05, 0) is 31.4 Å². The second-order valence-electron chi connectivity index (χ2n) is 10.4. The molecule has 3 rings (SSSR count). The van der Waals surface area contributed by atoms with Crippen molar-refractivity contribution in [3.8, 4) is 0 Å². The molecule has 1 heterocycles. The van der Waals surface area contributed by atoms with E-state index in [1.165, 1.54) is 13.8 Å². The van der Waals surface area contributed by atoms with Crippen LogP contribution in [0.4, 0.5) is 4.79 Å². The number of rotatable bonds is 15. The topological polar surface area (TPSA) is 239 Å². The molecule has 0 aromatic heterocycles. The number of nitrogens with two attached hydrogens (primary N) is 1. The van der Waals surface area contributed by atoms with Gasteiger partial charge in [0.15, 0.2) is 12.2 Å². The number of epoxide rings is 1. The minimum atomic E-state index is -1.52. The molecule has 0 aliphatic carbocycles. The van der Waals surface area contributed by atoms with Crippen molar-refractivity contribution in [2.75, 3.05) is 6.54 Å². The van der Waals surface area contributed by atoms with Gasteiger partial charge in [-0.2, -0.15) is 0 Å². The Morgan fingerprint density at radius 1 is 0.739 bits per heavy atom. The van der Waals surface area contributed by atoms with Crippen LogP contribution in [0.25, 0.3) is 0 Å². The number of hydrogen-bond acceptors (Lipinski definition) is 9. The maximum absolute atomic E-state index is 12.7. The van der Waals surface area contributed by atoms with Crippen molar-refractivity contribution >= 4 is 41.5 Å². The number of benzene rings is 2. The molecule has 16 nitrogen and oxygen atoms in total. The summed E-state index contributed by atoms with van der Waals surface area (Å²) in [7, 11) is 0. The Morgan fingerprint density at radius 3 is 1.93 bits per heavy atom. The van der Waals surface area contributed by atoms with Gasteiger partial charge in [0.05, 0.1) is 6.42 Å². The van der Waals surface area contributed by atoms with Gasteiger partial charge in [0.2, 0.25) is 17.7 Å². The summed E-state index contributed by atoms with van der Waals surface area (Å²) in [5.74, 6) is -4.85. The molecule has 2 aromatic carbocycles. The minimum absolute atomic E-state index is 0.0115. The number of hydrogen-bond donors (Lipinski definition) is 7. The Bertz CT molecular complexity index is 1410. The van der Waals surface area contributed by atoms with Crippen molar-refractivity contribution in [2.45, 2.75) is 63.6 Å². The molecule has 8 N–H and O–H groups in total. The van der Waals surface area contributed by atoms with Crippen LogP contribution in [0.1, 0.15) is 31.4 Å². The normalized spacial score (nSPS) is 16.7. The highest BCUT2D eigenvalue weighted by Gasteiger charge is 2.50. The summed E-state index contributed by atoms with van der Waals surface area (Å²) < 4.78 is 10.2. The summed E-state index contributed by atoms with van der Waals surface area (Å²) in [6.07, 6.45) is -3.09. The first-order valence-corrected chi connectivity index (χ1v) is 14.4. The number of carbonyl (C=O) groups excluding carboxylic acids is 7. The third-order valence-electron chi connectivity index (χ3n) is 6.60. The molecule has 1 aliphatic rings. The summed E-state index contributed by atoms with van der Waals surface area (Å²) in [5.41, 5.74) is 11.1. The zero-order chi connectivity index (χ0) is 33.6. The molecule has 16 heteroatoms. The maximum atomic E-state index is 12.7. The molecule has 1 saturated heterocycles. The van der Waals surface area contributed by atoms with Gasteiger partial charge in [0, 0.05) is 6.54 Å². The van der Waals surface area contributed by atoms with Crippen molar-refractivity contribution in [3.63, 3.8) is 0 Å². The van der Waals surface area contributed by atoms with Gasteiger partial charge >= 0.3 is 6.09 Å². The standard InChI is InChI=1S/C30H37N7O9/c1-17(33-25(39)18(2)34-30(44)45-16-20-11-7-4-8-12-20)26(40)35-21(15-22(31)38)27(41)36-37-29(43)24-23(46-24)28(42)32-14-13-19-9-5-3-6-10-19/h3-12,17-18,21,23-24H,13-16H2,1-2H3,(H2,31,38)(H,32,42)(H,33,39)(H,34,44)(H,35,40)(H,36,41)(H,37,43)/t17-,18-,21-,23?,24?/m0/s1. The largest absolute Gasteiger partial charge is 0.445 e. The molecule has 1 aliphatic heterocycles.